The maximum Gasteiger partial charge on any atom is 0.104 e. The van der Waals surface area contributed by atoms with Gasteiger partial charge in [-0.1, -0.05) is 106 Å². The van der Waals surface area contributed by atoms with Gasteiger partial charge in [0.1, 0.15) is 6.10 Å². The molecule has 0 amide bonds. The fraction of sp³-hybridized carbons (Fsp3) is 0.268. The number of fused-ring (bicyclic) bond motifs is 7. The summed E-state index contributed by atoms with van der Waals surface area (Å²) >= 11 is 0. The van der Waals surface area contributed by atoms with Gasteiger partial charge in [0.2, 0.25) is 0 Å². The van der Waals surface area contributed by atoms with Gasteiger partial charge < -0.3 is 18.6 Å². The van der Waals surface area contributed by atoms with Crippen molar-refractivity contribution < 1.29 is 9.47 Å². The van der Waals surface area contributed by atoms with Gasteiger partial charge in [0, 0.05) is 44.2 Å². The summed E-state index contributed by atoms with van der Waals surface area (Å²) in [6.07, 6.45) is 2.33. The first kappa shape index (κ1) is 28.1. The molecule has 8 rings (SSSR count). The molecule has 1 saturated heterocycles. The number of rotatable bonds is 10. The Kier molecular flexibility index (Phi) is 7.00. The number of hydrogen-bond donors (Lipinski definition) is 0. The van der Waals surface area contributed by atoms with Gasteiger partial charge in [-0.25, -0.2) is 0 Å². The van der Waals surface area contributed by atoms with Crippen LogP contribution in [0.25, 0.3) is 49.3 Å². The lowest BCUT2D eigenvalue weighted by Crippen LogP contribution is -2.33. The standard InChI is InChI=1S/C41H40N2O2/c1-4-38(41(3,5-2)29-21-19-28(20-22-29)25-44-26-31-27-45-31)43-35-17-11-9-15-32(35)33-23-24-37-39(40(33)43)34-16-10-12-18-36(34)42(37)30-13-7-6-8-14-30/h6-24,31,38H,4-5,25-27H2,1-3H3. The summed E-state index contributed by atoms with van der Waals surface area (Å²) in [5, 5.41) is 5.25. The molecule has 3 heterocycles. The van der Waals surface area contributed by atoms with E-state index in [1.807, 2.05) is 0 Å². The monoisotopic (exact) mass is 592 g/mol. The van der Waals surface area contributed by atoms with Crippen LogP contribution in [0, 0.1) is 0 Å². The van der Waals surface area contributed by atoms with Gasteiger partial charge in [-0.05, 0) is 54.3 Å². The highest BCUT2D eigenvalue weighted by molar-refractivity contribution is 6.25. The minimum atomic E-state index is -0.0926. The number of aromatic nitrogens is 2. The third kappa shape index (κ3) is 4.58. The molecule has 226 valence electrons. The van der Waals surface area contributed by atoms with Crippen LogP contribution < -0.4 is 0 Å². The highest BCUT2D eigenvalue weighted by atomic mass is 16.6. The Morgan fingerprint density at radius 2 is 1.44 bits per heavy atom. The molecule has 3 unspecified atom stereocenters. The van der Waals surface area contributed by atoms with E-state index in [0.29, 0.717) is 13.2 Å². The Morgan fingerprint density at radius 3 is 2.16 bits per heavy atom. The zero-order valence-electron chi connectivity index (χ0n) is 26.4. The Bertz CT molecular complexity index is 2140. The van der Waals surface area contributed by atoms with Crippen LogP contribution in [0.15, 0.2) is 115 Å². The van der Waals surface area contributed by atoms with Crippen molar-refractivity contribution >= 4 is 43.6 Å². The van der Waals surface area contributed by atoms with Crippen LogP contribution in [0.5, 0.6) is 0 Å². The second-order valence-electron chi connectivity index (χ2n) is 12.8. The van der Waals surface area contributed by atoms with Crippen molar-refractivity contribution in [3.63, 3.8) is 0 Å². The Hall–Kier alpha value is -4.38. The zero-order valence-corrected chi connectivity index (χ0v) is 26.4. The lowest BCUT2D eigenvalue weighted by atomic mass is 9.72. The van der Waals surface area contributed by atoms with Crippen molar-refractivity contribution in [2.45, 2.75) is 57.8 Å². The molecule has 2 aromatic heterocycles. The Labute approximate surface area is 264 Å². The van der Waals surface area contributed by atoms with E-state index in [1.165, 1.54) is 60.4 Å². The molecule has 0 radical (unpaired) electrons. The third-order valence-corrected chi connectivity index (χ3v) is 10.3. The third-order valence-electron chi connectivity index (χ3n) is 10.3. The van der Waals surface area contributed by atoms with Crippen molar-refractivity contribution in [1.82, 2.24) is 9.13 Å². The van der Waals surface area contributed by atoms with Crippen molar-refractivity contribution in [3.05, 3.63) is 126 Å². The van der Waals surface area contributed by atoms with E-state index in [0.717, 1.165) is 19.4 Å². The fourth-order valence-electron chi connectivity index (χ4n) is 7.73. The van der Waals surface area contributed by atoms with E-state index in [2.05, 4.69) is 145 Å². The molecule has 45 heavy (non-hydrogen) atoms. The molecule has 0 spiro atoms. The number of ether oxygens (including phenoxy) is 2. The largest absolute Gasteiger partial charge is 0.374 e. The van der Waals surface area contributed by atoms with Gasteiger partial charge in [-0.15, -0.1) is 0 Å². The van der Waals surface area contributed by atoms with E-state index >= 15 is 0 Å². The molecule has 7 aromatic rings. The zero-order chi connectivity index (χ0) is 30.5. The Morgan fingerprint density at radius 1 is 0.756 bits per heavy atom. The molecule has 0 N–H and O–H groups in total. The van der Waals surface area contributed by atoms with Crippen LogP contribution >= 0.6 is 0 Å². The average Bonchev–Trinajstić information content (AvgIpc) is 3.78. The van der Waals surface area contributed by atoms with Gasteiger partial charge in [-0.2, -0.15) is 0 Å². The van der Waals surface area contributed by atoms with Crippen molar-refractivity contribution in [1.29, 1.82) is 0 Å². The number of epoxide rings is 1. The first-order valence-electron chi connectivity index (χ1n) is 16.4. The summed E-state index contributed by atoms with van der Waals surface area (Å²) in [4.78, 5) is 0. The molecule has 0 saturated carbocycles. The van der Waals surface area contributed by atoms with Gasteiger partial charge in [-0.3, -0.25) is 0 Å². The summed E-state index contributed by atoms with van der Waals surface area (Å²) in [5.41, 5.74) is 8.78. The second kappa shape index (κ2) is 11.2. The van der Waals surface area contributed by atoms with Crippen LogP contribution in [0.2, 0.25) is 0 Å². The van der Waals surface area contributed by atoms with Crippen molar-refractivity contribution in [3.8, 4) is 5.69 Å². The molecule has 4 heteroatoms. The quantitative estimate of drug-likeness (QED) is 0.148. The molecule has 1 aliphatic heterocycles. The molecule has 1 fully saturated rings. The first-order chi connectivity index (χ1) is 22.1. The molecular weight excluding hydrogens is 552 g/mol. The normalized spacial score (nSPS) is 16.9. The summed E-state index contributed by atoms with van der Waals surface area (Å²) in [7, 11) is 0. The lowest BCUT2D eigenvalue weighted by Gasteiger charge is -2.39. The number of benzene rings is 5. The topological polar surface area (TPSA) is 31.6 Å². The number of nitrogens with zero attached hydrogens (tertiary/aromatic N) is 2. The van der Waals surface area contributed by atoms with Gasteiger partial charge in [0.25, 0.3) is 0 Å². The average molecular weight is 593 g/mol. The van der Waals surface area contributed by atoms with Crippen LogP contribution in [-0.2, 0) is 21.5 Å². The van der Waals surface area contributed by atoms with Gasteiger partial charge in [0.05, 0.1) is 36.4 Å². The van der Waals surface area contributed by atoms with Crippen molar-refractivity contribution in [2.24, 2.45) is 0 Å². The van der Waals surface area contributed by atoms with E-state index in [-0.39, 0.29) is 17.6 Å². The molecule has 4 nitrogen and oxygen atoms in total. The minimum Gasteiger partial charge on any atom is -0.374 e. The number of hydrogen-bond acceptors (Lipinski definition) is 2. The maximum atomic E-state index is 5.90. The molecular formula is C41H40N2O2. The number of para-hydroxylation sites is 3. The predicted molar refractivity (Wildman–Crippen MR) is 187 cm³/mol. The summed E-state index contributed by atoms with van der Waals surface area (Å²) < 4.78 is 16.3. The van der Waals surface area contributed by atoms with E-state index < -0.39 is 0 Å². The summed E-state index contributed by atoms with van der Waals surface area (Å²) in [6.45, 7) is 9.29. The molecule has 3 atom stereocenters. The van der Waals surface area contributed by atoms with Crippen LogP contribution in [0.4, 0.5) is 0 Å². The van der Waals surface area contributed by atoms with Crippen molar-refractivity contribution in [2.75, 3.05) is 13.2 Å². The SMILES string of the molecule is CCC(n1c2ccccc2c2ccc3c(c4ccccc4n3-c3ccccc3)c21)C(C)(CC)c1ccc(COCC2CO2)cc1. The first-order valence-corrected chi connectivity index (χ1v) is 16.4. The van der Waals surface area contributed by atoms with Crippen LogP contribution in [0.3, 0.4) is 0 Å². The van der Waals surface area contributed by atoms with E-state index in [9.17, 15) is 0 Å². The molecule has 0 aliphatic carbocycles. The fourth-order valence-corrected chi connectivity index (χ4v) is 7.73. The smallest absolute Gasteiger partial charge is 0.104 e. The second-order valence-corrected chi connectivity index (χ2v) is 12.8. The summed E-state index contributed by atoms with van der Waals surface area (Å²) in [6, 6.07) is 42.8. The van der Waals surface area contributed by atoms with E-state index in [1.54, 1.807) is 0 Å². The Balaban J connectivity index is 1.36. The van der Waals surface area contributed by atoms with Crippen LogP contribution in [-0.4, -0.2) is 28.5 Å². The minimum absolute atomic E-state index is 0.0926. The maximum absolute atomic E-state index is 5.90. The molecule has 0 bridgehead atoms. The van der Waals surface area contributed by atoms with Gasteiger partial charge in [0.15, 0.2) is 0 Å². The molecule has 1 aliphatic rings. The predicted octanol–water partition coefficient (Wildman–Crippen LogP) is 10.1. The highest BCUT2D eigenvalue weighted by Crippen LogP contribution is 2.48. The highest BCUT2D eigenvalue weighted by Gasteiger charge is 2.37. The summed E-state index contributed by atoms with van der Waals surface area (Å²) in [5.74, 6) is 0. The van der Waals surface area contributed by atoms with Gasteiger partial charge >= 0.3 is 0 Å². The van der Waals surface area contributed by atoms with Crippen LogP contribution in [0.1, 0.15) is 50.8 Å². The molecule has 5 aromatic carbocycles. The van der Waals surface area contributed by atoms with E-state index in [4.69, 9.17) is 9.47 Å². The lowest BCUT2D eigenvalue weighted by molar-refractivity contribution is 0.104.